The van der Waals surface area contributed by atoms with Crippen LogP contribution in [0.25, 0.3) is 5.69 Å². The number of alkyl halides is 3. The monoisotopic (exact) mass is 513 g/mol. The number of nitrogens with zero attached hydrogens (tertiary/aromatic N) is 2. The highest BCUT2D eigenvalue weighted by Crippen LogP contribution is 2.58. The number of carbonyl (C=O) groups excluding carboxylic acids is 2. The number of hydrogen-bond donors (Lipinski definition) is 1. The number of halogens is 4. The fraction of sp³-hybridized carbons (Fsp3) is 0.296. The number of rotatable bonds is 3. The van der Waals surface area contributed by atoms with Gasteiger partial charge in [-0.3, -0.25) is 24.4 Å². The van der Waals surface area contributed by atoms with Crippen LogP contribution in [0.1, 0.15) is 37.9 Å². The van der Waals surface area contributed by atoms with E-state index in [1.807, 2.05) is 0 Å². The number of H-pyrrole nitrogens is 1. The Morgan fingerprint density at radius 1 is 0.892 bits per heavy atom. The molecule has 1 unspecified atom stereocenters. The van der Waals surface area contributed by atoms with Crippen molar-refractivity contribution in [2.45, 2.75) is 45.2 Å². The smallest absolute Gasteiger partial charge is 0.295 e. The normalized spacial score (nSPS) is 21.5. The maximum atomic E-state index is 15.4. The molecule has 0 saturated carbocycles. The Bertz CT molecular complexity index is 1510. The summed E-state index contributed by atoms with van der Waals surface area (Å²) in [6.07, 6.45) is -5.50. The lowest BCUT2D eigenvalue weighted by molar-refractivity contribution is -0.184. The topological polar surface area (TPSA) is 75.2 Å². The Balaban J connectivity index is 1.86. The molecule has 1 N–H and O–H groups in total. The third-order valence-corrected chi connectivity index (χ3v) is 6.99. The van der Waals surface area contributed by atoms with Crippen molar-refractivity contribution in [1.29, 1.82) is 0 Å². The fourth-order valence-electron chi connectivity index (χ4n) is 5.55. The number of hydrogen-bond acceptors (Lipinski definition) is 3. The molecule has 5 rings (SSSR count). The number of Topliss-reactive ketones (excluding diaryl/α,β-unsaturated/α-hetero) is 1. The molecule has 37 heavy (non-hydrogen) atoms. The van der Waals surface area contributed by atoms with Crippen LogP contribution < -0.4 is 10.5 Å². The van der Waals surface area contributed by atoms with Crippen molar-refractivity contribution in [3.8, 4) is 5.69 Å². The Hall–Kier alpha value is -3.95. The summed E-state index contributed by atoms with van der Waals surface area (Å²) in [4.78, 5) is 42.2. The Kier molecular flexibility index (Phi) is 5.36. The average molecular weight is 513 g/mol. The Labute approximate surface area is 209 Å². The number of anilines is 1. The Morgan fingerprint density at radius 3 is 2.11 bits per heavy atom. The SMILES string of the molecule is Cc1[nH]n(-c2ccc(F)cc2)c(=O)c1C1(C(F)(F)F)C(=O)N(c2ccccc2)C2=C1C(=O)CC(C)(C)C2. The van der Waals surface area contributed by atoms with Crippen molar-refractivity contribution in [2.24, 2.45) is 5.41 Å². The number of aromatic nitrogens is 2. The maximum absolute atomic E-state index is 15.4. The lowest BCUT2D eigenvalue weighted by Crippen LogP contribution is -2.55. The minimum atomic E-state index is -5.32. The third kappa shape index (κ3) is 3.49. The summed E-state index contributed by atoms with van der Waals surface area (Å²) in [5.41, 5.74) is -6.96. The van der Waals surface area contributed by atoms with Gasteiger partial charge in [0.2, 0.25) is 5.41 Å². The van der Waals surface area contributed by atoms with Crippen LogP contribution in [0.5, 0.6) is 0 Å². The molecule has 0 saturated heterocycles. The molecule has 3 aromatic rings. The van der Waals surface area contributed by atoms with E-state index in [0.29, 0.717) is 0 Å². The summed E-state index contributed by atoms with van der Waals surface area (Å²) in [5, 5.41) is 2.60. The van der Waals surface area contributed by atoms with Gasteiger partial charge in [-0.2, -0.15) is 13.2 Å². The molecular formula is C27H23F4N3O3. The van der Waals surface area contributed by atoms with Crippen LogP contribution in [0.3, 0.4) is 0 Å². The van der Waals surface area contributed by atoms with Crippen molar-refractivity contribution >= 4 is 17.4 Å². The molecule has 2 heterocycles. The summed E-state index contributed by atoms with van der Waals surface area (Å²) >= 11 is 0. The number of amides is 1. The molecule has 2 aliphatic rings. The second-order valence-corrected chi connectivity index (χ2v) is 10.2. The first-order chi connectivity index (χ1) is 17.3. The molecule has 0 radical (unpaired) electrons. The highest BCUT2D eigenvalue weighted by atomic mass is 19.4. The predicted molar refractivity (Wildman–Crippen MR) is 128 cm³/mol. The van der Waals surface area contributed by atoms with E-state index in [-0.39, 0.29) is 35.6 Å². The van der Waals surface area contributed by atoms with E-state index in [1.165, 1.54) is 31.2 Å². The molecule has 1 aromatic heterocycles. The molecule has 2 aromatic carbocycles. The van der Waals surface area contributed by atoms with E-state index in [4.69, 9.17) is 0 Å². The quantitative estimate of drug-likeness (QED) is 0.495. The zero-order valence-electron chi connectivity index (χ0n) is 20.2. The van der Waals surface area contributed by atoms with Gasteiger partial charge in [-0.25, -0.2) is 9.07 Å². The predicted octanol–water partition coefficient (Wildman–Crippen LogP) is 5.10. The van der Waals surface area contributed by atoms with Crippen LogP contribution in [-0.2, 0) is 15.0 Å². The van der Waals surface area contributed by atoms with Gasteiger partial charge in [0.25, 0.3) is 11.5 Å². The van der Waals surface area contributed by atoms with Gasteiger partial charge in [-0.1, -0.05) is 32.0 Å². The Morgan fingerprint density at radius 2 is 1.51 bits per heavy atom. The molecule has 0 spiro atoms. The summed E-state index contributed by atoms with van der Waals surface area (Å²) in [6, 6.07) is 12.4. The van der Waals surface area contributed by atoms with E-state index < -0.39 is 51.2 Å². The highest BCUT2D eigenvalue weighted by molar-refractivity contribution is 6.20. The minimum absolute atomic E-state index is 0.0299. The second kappa shape index (κ2) is 8.03. The van der Waals surface area contributed by atoms with Crippen molar-refractivity contribution in [1.82, 2.24) is 9.78 Å². The zero-order valence-corrected chi connectivity index (χ0v) is 20.2. The molecule has 192 valence electrons. The molecule has 1 amide bonds. The van der Waals surface area contributed by atoms with Crippen LogP contribution >= 0.6 is 0 Å². The van der Waals surface area contributed by atoms with Gasteiger partial charge in [-0.05, 0) is 55.2 Å². The second-order valence-electron chi connectivity index (χ2n) is 10.2. The van der Waals surface area contributed by atoms with Crippen molar-refractivity contribution in [3.63, 3.8) is 0 Å². The number of benzene rings is 2. The number of aromatic amines is 1. The first-order valence-electron chi connectivity index (χ1n) is 11.6. The third-order valence-electron chi connectivity index (χ3n) is 6.99. The van der Waals surface area contributed by atoms with E-state index in [2.05, 4.69) is 5.10 Å². The first-order valence-corrected chi connectivity index (χ1v) is 11.6. The lowest BCUT2D eigenvalue weighted by atomic mass is 9.66. The van der Waals surface area contributed by atoms with Gasteiger partial charge >= 0.3 is 6.18 Å². The highest BCUT2D eigenvalue weighted by Gasteiger charge is 2.73. The van der Waals surface area contributed by atoms with E-state index in [0.717, 1.165) is 21.7 Å². The minimum Gasteiger partial charge on any atom is -0.295 e. The number of carbonyl (C=O) groups is 2. The summed E-state index contributed by atoms with van der Waals surface area (Å²) in [7, 11) is 0. The van der Waals surface area contributed by atoms with Crippen LogP contribution in [0.2, 0.25) is 0 Å². The number of allylic oxidation sites excluding steroid dienone is 1. The van der Waals surface area contributed by atoms with Crippen LogP contribution in [0, 0.1) is 18.2 Å². The van der Waals surface area contributed by atoms with Crippen molar-refractivity contribution < 1.29 is 27.2 Å². The van der Waals surface area contributed by atoms with Crippen molar-refractivity contribution in [2.75, 3.05) is 4.90 Å². The molecule has 1 aliphatic heterocycles. The van der Waals surface area contributed by atoms with Gasteiger partial charge in [0.05, 0.1) is 11.3 Å². The zero-order chi connectivity index (χ0) is 26.9. The van der Waals surface area contributed by atoms with Crippen LogP contribution in [0.4, 0.5) is 23.2 Å². The van der Waals surface area contributed by atoms with Gasteiger partial charge in [0.1, 0.15) is 5.82 Å². The molecular weight excluding hydrogens is 490 g/mol. The molecule has 1 atom stereocenters. The molecule has 0 fully saturated rings. The molecule has 1 aliphatic carbocycles. The molecule has 0 bridgehead atoms. The van der Waals surface area contributed by atoms with Gasteiger partial charge in [0, 0.05) is 29.1 Å². The number of aryl methyl sites for hydroxylation is 1. The van der Waals surface area contributed by atoms with Gasteiger partial charge < -0.3 is 0 Å². The molecule has 6 nitrogen and oxygen atoms in total. The summed E-state index contributed by atoms with van der Waals surface area (Å²) in [5.74, 6) is -2.85. The van der Waals surface area contributed by atoms with E-state index in [1.54, 1.807) is 32.0 Å². The standard InChI is InChI=1S/C27H23F4N3O3/c1-15-21(23(36)34(32-15)18-11-9-16(28)10-12-18)26(27(29,30)31)22-19(13-25(2,3)14-20(22)35)33(24(26)37)17-7-5-4-6-8-17/h4-12,32H,13-14H2,1-3H3. The lowest BCUT2D eigenvalue weighted by Gasteiger charge is -2.35. The average Bonchev–Trinajstić information content (AvgIpc) is 3.24. The number of nitrogens with one attached hydrogen (secondary N) is 1. The van der Waals surface area contributed by atoms with E-state index >= 15 is 13.2 Å². The number of ketones is 1. The summed E-state index contributed by atoms with van der Waals surface area (Å²) in [6.45, 7) is 4.75. The van der Waals surface area contributed by atoms with Crippen LogP contribution in [0.15, 0.2) is 70.7 Å². The first kappa shape index (κ1) is 24.7. The van der Waals surface area contributed by atoms with Gasteiger partial charge in [-0.15, -0.1) is 0 Å². The van der Waals surface area contributed by atoms with Crippen molar-refractivity contribution in [3.05, 3.63) is 93.3 Å². The summed E-state index contributed by atoms with van der Waals surface area (Å²) < 4.78 is 60.4. The van der Waals surface area contributed by atoms with Gasteiger partial charge in [0.15, 0.2) is 5.78 Å². The maximum Gasteiger partial charge on any atom is 0.411 e. The molecule has 10 heteroatoms. The fourth-order valence-corrected chi connectivity index (χ4v) is 5.55. The van der Waals surface area contributed by atoms with Crippen LogP contribution in [-0.4, -0.2) is 27.6 Å². The van der Waals surface area contributed by atoms with E-state index in [9.17, 15) is 18.8 Å². The largest absolute Gasteiger partial charge is 0.411 e. The number of para-hydroxylation sites is 1.